The number of thiophene rings is 1. The van der Waals surface area contributed by atoms with Gasteiger partial charge in [-0.25, -0.2) is 13.6 Å². The van der Waals surface area contributed by atoms with Crippen molar-refractivity contribution in [2.45, 2.75) is 6.04 Å². The van der Waals surface area contributed by atoms with E-state index in [1.807, 2.05) is 0 Å². The first-order chi connectivity index (χ1) is 17.2. The van der Waals surface area contributed by atoms with E-state index in [0.29, 0.717) is 16.0 Å². The summed E-state index contributed by atoms with van der Waals surface area (Å²) in [5.41, 5.74) is 1.44. The number of rotatable bonds is 7. The maximum Gasteiger partial charge on any atom is 0.335 e. The molecule has 1 aromatic heterocycles. The summed E-state index contributed by atoms with van der Waals surface area (Å²) in [6.07, 6.45) is 1.57. The van der Waals surface area contributed by atoms with Crippen LogP contribution in [0.4, 0.5) is 14.5 Å². The molecule has 1 aliphatic rings. The molecule has 0 saturated carbocycles. The third-order valence-corrected chi connectivity index (χ3v) is 7.37. The molecule has 7 nitrogen and oxygen atoms in total. The number of carboxylic acids is 1. The van der Waals surface area contributed by atoms with Gasteiger partial charge in [0.25, 0.3) is 5.91 Å². The number of nitrogens with zero attached hydrogens (tertiary/aromatic N) is 1. The minimum atomic E-state index is -1.30. The zero-order chi connectivity index (χ0) is 26.0. The van der Waals surface area contributed by atoms with Crippen LogP contribution in [0.25, 0.3) is 17.2 Å². The Kier molecular flexibility index (Phi) is 7.59. The lowest BCUT2D eigenvalue weighted by atomic mass is 10.1. The molecule has 12 heteroatoms. The van der Waals surface area contributed by atoms with Gasteiger partial charge < -0.3 is 15.5 Å². The summed E-state index contributed by atoms with van der Waals surface area (Å²) in [6, 6.07) is 9.37. The molecule has 3 N–H and O–H groups in total. The van der Waals surface area contributed by atoms with Crippen LogP contribution in [-0.2, 0) is 9.59 Å². The SMILES string of the molecule is O=C(O)c1ccc(NC(=O)[C@H](CO)N2C(=O)C(=Cc3cc(-c4ccc(F)c(F)c4)cs3)SC2=S)cc1. The molecule has 0 radical (unpaired) electrons. The van der Waals surface area contributed by atoms with Crippen LogP contribution in [0.3, 0.4) is 0 Å². The number of aromatic carboxylic acids is 1. The highest BCUT2D eigenvalue weighted by molar-refractivity contribution is 8.26. The molecule has 1 atom stereocenters. The van der Waals surface area contributed by atoms with Crippen molar-refractivity contribution in [2.75, 3.05) is 11.9 Å². The fourth-order valence-electron chi connectivity index (χ4n) is 3.34. The van der Waals surface area contributed by atoms with Crippen LogP contribution >= 0.6 is 35.3 Å². The fraction of sp³-hybridized carbons (Fsp3) is 0.0833. The number of anilines is 1. The first kappa shape index (κ1) is 25.6. The standard InChI is InChI=1S/C24H16F2N2O5S3/c25-17-6-3-13(8-18(17)26)14-7-16(35-11-14)9-20-22(31)28(24(34)36-20)19(10-29)21(30)27-15-4-1-12(2-5-15)23(32)33/h1-9,11,19,29H,10H2,(H,27,30)(H,32,33)/t19-/m0/s1. The Labute approximate surface area is 217 Å². The predicted molar refractivity (Wildman–Crippen MR) is 138 cm³/mol. The van der Waals surface area contributed by atoms with E-state index in [4.69, 9.17) is 17.3 Å². The molecule has 2 amide bonds. The molecule has 1 aliphatic heterocycles. The van der Waals surface area contributed by atoms with Crippen molar-refractivity contribution in [3.63, 3.8) is 0 Å². The molecule has 0 unspecified atom stereocenters. The normalized spacial score (nSPS) is 15.4. The molecule has 0 aliphatic carbocycles. The van der Waals surface area contributed by atoms with E-state index in [2.05, 4.69) is 5.32 Å². The number of nitrogens with one attached hydrogen (secondary N) is 1. The molecular formula is C24H16F2N2O5S3. The Morgan fingerprint density at radius 2 is 1.81 bits per heavy atom. The van der Waals surface area contributed by atoms with Crippen molar-refractivity contribution < 1.29 is 33.4 Å². The van der Waals surface area contributed by atoms with Gasteiger partial charge in [-0.1, -0.05) is 30.0 Å². The summed E-state index contributed by atoms with van der Waals surface area (Å²) >= 11 is 7.54. The lowest BCUT2D eigenvalue weighted by Crippen LogP contribution is -2.48. The van der Waals surface area contributed by atoms with Crippen LogP contribution in [0.1, 0.15) is 15.2 Å². The van der Waals surface area contributed by atoms with Gasteiger partial charge in [0.1, 0.15) is 10.4 Å². The van der Waals surface area contributed by atoms with Gasteiger partial charge in [-0.05, 0) is 65.0 Å². The van der Waals surface area contributed by atoms with Crippen LogP contribution in [0, 0.1) is 11.6 Å². The minimum absolute atomic E-state index is 0.0371. The number of hydrogen-bond acceptors (Lipinski definition) is 7. The fourth-order valence-corrected chi connectivity index (χ4v) is 5.61. The molecular weight excluding hydrogens is 530 g/mol. The quantitative estimate of drug-likeness (QED) is 0.294. The van der Waals surface area contributed by atoms with Gasteiger partial charge in [-0.3, -0.25) is 14.5 Å². The first-order valence-electron chi connectivity index (χ1n) is 10.2. The average Bonchev–Trinajstić information content (AvgIpc) is 3.42. The molecule has 3 aromatic rings. The third-order valence-electron chi connectivity index (χ3n) is 5.16. The summed E-state index contributed by atoms with van der Waals surface area (Å²) in [4.78, 5) is 38.7. The number of carboxylic acid groups (broad SMARTS) is 1. The van der Waals surface area contributed by atoms with E-state index in [-0.39, 0.29) is 20.5 Å². The van der Waals surface area contributed by atoms with E-state index < -0.39 is 42.1 Å². The number of carbonyl (C=O) groups excluding carboxylic acids is 2. The smallest absolute Gasteiger partial charge is 0.335 e. The van der Waals surface area contributed by atoms with E-state index >= 15 is 0 Å². The van der Waals surface area contributed by atoms with Crippen LogP contribution in [-0.4, -0.2) is 49.9 Å². The maximum atomic E-state index is 13.6. The van der Waals surface area contributed by atoms with Crippen molar-refractivity contribution in [1.29, 1.82) is 0 Å². The lowest BCUT2D eigenvalue weighted by molar-refractivity contribution is -0.131. The third kappa shape index (κ3) is 5.36. The van der Waals surface area contributed by atoms with Gasteiger partial charge in [0.2, 0.25) is 5.91 Å². The van der Waals surface area contributed by atoms with Crippen molar-refractivity contribution in [3.05, 3.63) is 80.9 Å². The van der Waals surface area contributed by atoms with Gasteiger partial charge in [-0.2, -0.15) is 0 Å². The van der Waals surface area contributed by atoms with Crippen molar-refractivity contribution in [3.8, 4) is 11.1 Å². The monoisotopic (exact) mass is 546 g/mol. The zero-order valence-electron chi connectivity index (χ0n) is 18.1. The van der Waals surface area contributed by atoms with Crippen LogP contribution in [0.15, 0.2) is 58.8 Å². The molecule has 1 fully saturated rings. The Hall–Kier alpha value is -3.45. The van der Waals surface area contributed by atoms with Crippen LogP contribution < -0.4 is 5.32 Å². The van der Waals surface area contributed by atoms with Gasteiger partial charge >= 0.3 is 5.97 Å². The van der Waals surface area contributed by atoms with Crippen molar-refractivity contribution in [2.24, 2.45) is 0 Å². The molecule has 0 bridgehead atoms. The van der Waals surface area contributed by atoms with Gasteiger partial charge in [0.05, 0.1) is 17.1 Å². The average molecular weight is 547 g/mol. The number of thioether (sulfide) groups is 1. The predicted octanol–water partition coefficient (Wildman–Crippen LogP) is 4.59. The second-order valence-electron chi connectivity index (χ2n) is 7.49. The first-order valence-corrected chi connectivity index (χ1v) is 12.3. The van der Waals surface area contributed by atoms with Crippen molar-refractivity contribution in [1.82, 2.24) is 4.90 Å². The van der Waals surface area contributed by atoms with E-state index in [1.165, 1.54) is 41.7 Å². The van der Waals surface area contributed by atoms with E-state index in [9.17, 15) is 28.3 Å². The number of benzene rings is 2. The minimum Gasteiger partial charge on any atom is -0.478 e. The number of carbonyl (C=O) groups is 3. The summed E-state index contributed by atoms with van der Waals surface area (Å²) in [5, 5.41) is 23.1. The van der Waals surface area contributed by atoms with E-state index in [0.717, 1.165) is 28.8 Å². The van der Waals surface area contributed by atoms with Gasteiger partial charge in [-0.15, -0.1) is 11.3 Å². The summed E-state index contributed by atoms with van der Waals surface area (Å²) in [6.45, 7) is -0.696. The molecule has 2 heterocycles. The second-order valence-corrected chi connectivity index (χ2v) is 10.1. The Bertz CT molecular complexity index is 1400. The molecule has 184 valence electrons. The lowest BCUT2D eigenvalue weighted by Gasteiger charge is -2.24. The summed E-state index contributed by atoms with van der Waals surface area (Å²) < 4.78 is 26.9. The van der Waals surface area contributed by atoms with E-state index in [1.54, 1.807) is 17.5 Å². The number of hydrogen-bond donors (Lipinski definition) is 3. The maximum absolute atomic E-state index is 13.6. The van der Waals surface area contributed by atoms with Gasteiger partial charge in [0.15, 0.2) is 11.6 Å². The zero-order valence-corrected chi connectivity index (χ0v) is 20.6. The van der Waals surface area contributed by atoms with Crippen LogP contribution in [0.2, 0.25) is 0 Å². The largest absolute Gasteiger partial charge is 0.478 e. The number of thiocarbonyl (C=S) groups is 1. The van der Waals surface area contributed by atoms with Crippen LogP contribution in [0.5, 0.6) is 0 Å². The molecule has 0 spiro atoms. The summed E-state index contributed by atoms with van der Waals surface area (Å²) in [5.74, 6) is -4.30. The summed E-state index contributed by atoms with van der Waals surface area (Å²) in [7, 11) is 0. The molecule has 2 aromatic carbocycles. The molecule has 36 heavy (non-hydrogen) atoms. The Balaban J connectivity index is 1.50. The number of aliphatic hydroxyl groups excluding tert-OH is 1. The van der Waals surface area contributed by atoms with Crippen molar-refractivity contribution >= 4 is 69.2 Å². The molecule has 1 saturated heterocycles. The number of aliphatic hydroxyl groups is 1. The topological polar surface area (TPSA) is 107 Å². The Morgan fingerprint density at radius 1 is 1.08 bits per heavy atom. The van der Waals surface area contributed by atoms with Gasteiger partial charge in [0, 0.05) is 10.6 Å². The highest BCUT2D eigenvalue weighted by atomic mass is 32.2. The molecule has 4 rings (SSSR count). The highest BCUT2D eigenvalue weighted by Crippen LogP contribution is 2.36. The Morgan fingerprint density at radius 3 is 2.44 bits per heavy atom. The second kappa shape index (κ2) is 10.7. The number of halogens is 2. The highest BCUT2D eigenvalue weighted by Gasteiger charge is 2.40. The number of amides is 2.